The van der Waals surface area contributed by atoms with Crippen LogP contribution in [0.3, 0.4) is 0 Å². The molecule has 0 bridgehead atoms. The van der Waals surface area contributed by atoms with Crippen LogP contribution >= 0.6 is 0 Å². The van der Waals surface area contributed by atoms with Crippen molar-refractivity contribution in [3.63, 3.8) is 0 Å². The van der Waals surface area contributed by atoms with Crippen LogP contribution < -0.4 is 0 Å². The zero-order chi connectivity index (χ0) is 13.7. The van der Waals surface area contributed by atoms with Crippen molar-refractivity contribution in [2.75, 3.05) is 6.61 Å². The van der Waals surface area contributed by atoms with Gasteiger partial charge in [-0.05, 0) is 19.1 Å². The molecule has 0 aliphatic heterocycles. The second kappa shape index (κ2) is 5.95. The van der Waals surface area contributed by atoms with Crippen LogP contribution in [0.2, 0.25) is 0 Å². The van der Waals surface area contributed by atoms with E-state index in [1.165, 1.54) is 18.2 Å². The lowest BCUT2D eigenvalue weighted by atomic mass is 10.0. The number of hydrogen-bond acceptors (Lipinski definition) is 4. The summed E-state index contributed by atoms with van der Waals surface area (Å²) < 4.78 is 4.77. The Hall–Kier alpha value is -2.17. The number of carboxylic acids is 1. The molecule has 0 unspecified atom stereocenters. The molecular weight excluding hydrogens is 236 g/mol. The zero-order valence-corrected chi connectivity index (χ0v) is 10.2. The second-order valence-corrected chi connectivity index (χ2v) is 3.56. The van der Waals surface area contributed by atoms with E-state index in [9.17, 15) is 14.4 Å². The van der Waals surface area contributed by atoms with Crippen molar-refractivity contribution in [2.45, 2.75) is 20.3 Å². The Morgan fingerprint density at radius 2 is 1.83 bits per heavy atom. The van der Waals surface area contributed by atoms with Crippen LogP contribution in [0.1, 0.15) is 51.3 Å². The molecule has 0 fully saturated rings. The highest BCUT2D eigenvalue weighted by molar-refractivity contribution is 6.05. The van der Waals surface area contributed by atoms with E-state index in [1.807, 2.05) is 0 Å². The van der Waals surface area contributed by atoms with Crippen LogP contribution in [-0.2, 0) is 4.74 Å². The van der Waals surface area contributed by atoms with E-state index in [0.29, 0.717) is 5.56 Å². The third kappa shape index (κ3) is 2.94. The Morgan fingerprint density at radius 1 is 1.17 bits per heavy atom. The van der Waals surface area contributed by atoms with Gasteiger partial charge in [-0.3, -0.25) is 4.79 Å². The minimum Gasteiger partial charge on any atom is -0.478 e. The first kappa shape index (κ1) is 13.9. The summed E-state index contributed by atoms with van der Waals surface area (Å²) in [6, 6.07) is 3.92. The average molecular weight is 250 g/mol. The first-order valence-electron chi connectivity index (χ1n) is 5.58. The zero-order valence-electron chi connectivity index (χ0n) is 10.2. The molecular formula is C13H14O5. The van der Waals surface area contributed by atoms with Gasteiger partial charge >= 0.3 is 11.9 Å². The fraction of sp³-hybridized carbons (Fsp3) is 0.308. The van der Waals surface area contributed by atoms with Crippen LogP contribution in [0.25, 0.3) is 0 Å². The second-order valence-electron chi connectivity index (χ2n) is 3.56. The van der Waals surface area contributed by atoms with E-state index < -0.39 is 11.9 Å². The molecule has 1 aromatic carbocycles. The van der Waals surface area contributed by atoms with Gasteiger partial charge in [0.25, 0.3) is 0 Å². The highest BCUT2D eigenvalue weighted by Gasteiger charge is 2.19. The molecule has 0 aromatic heterocycles. The Bertz CT molecular complexity index is 490. The Kier molecular flexibility index (Phi) is 4.59. The molecule has 0 saturated heterocycles. The number of ketones is 1. The number of carboxylic acid groups (broad SMARTS) is 1. The number of ether oxygens (including phenoxy) is 1. The molecule has 5 nitrogen and oxygen atoms in total. The van der Waals surface area contributed by atoms with E-state index >= 15 is 0 Å². The number of carbonyl (C=O) groups excluding carboxylic acids is 2. The molecule has 0 spiro atoms. The van der Waals surface area contributed by atoms with Gasteiger partial charge in [0.05, 0.1) is 17.7 Å². The predicted octanol–water partition coefficient (Wildman–Crippen LogP) is 2.15. The lowest BCUT2D eigenvalue weighted by Gasteiger charge is -2.07. The predicted molar refractivity (Wildman–Crippen MR) is 64.0 cm³/mol. The third-order valence-electron chi connectivity index (χ3n) is 2.39. The fourth-order valence-corrected chi connectivity index (χ4v) is 1.49. The topological polar surface area (TPSA) is 80.7 Å². The van der Waals surface area contributed by atoms with Crippen molar-refractivity contribution in [3.05, 3.63) is 34.9 Å². The van der Waals surface area contributed by atoms with Crippen molar-refractivity contribution in [1.82, 2.24) is 0 Å². The van der Waals surface area contributed by atoms with Crippen molar-refractivity contribution >= 4 is 17.7 Å². The minimum atomic E-state index is -1.23. The standard InChI is InChI=1S/C13H14O5/c1-3-11(14)8-5-6-9(12(15)16)10(7-8)13(17)18-4-2/h5-7H,3-4H2,1-2H3,(H,15,16). The summed E-state index contributed by atoms with van der Waals surface area (Å²) in [5.74, 6) is -2.12. The molecule has 0 aliphatic rings. The first-order chi connectivity index (χ1) is 8.51. The summed E-state index contributed by atoms with van der Waals surface area (Å²) in [6.45, 7) is 3.46. The van der Waals surface area contributed by atoms with E-state index in [-0.39, 0.29) is 29.9 Å². The highest BCUT2D eigenvalue weighted by atomic mass is 16.5. The maximum Gasteiger partial charge on any atom is 0.339 e. The van der Waals surface area contributed by atoms with Gasteiger partial charge in [-0.15, -0.1) is 0 Å². The number of hydrogen-bond donors (Lipinski definition) is 1. The van der Waals surface area contributed by atoms with Gasteiger partial charge in [-0.25, -0.2) is 9.59 Å². The van der Waals surface area contributed by atoms with Gasteiger partial charge in [0.2, 0.25) is 0 Å². The number of carbonyl (C=O) groups is 3. The van der Waals surface area contributed by atoms with Crippen LogP contribution in [0.5, 0.6) is 0 Å². The summed E-state index contributed by atoms with van der Waals surface area (Å²) in [5, 5.41) is 8.98. The first-order valence-corrected chi connectivity index (χ1v) is 5.58. The number of Topliss-reactive ketones (excluding diaryl/α,β-unsaturated/α-hetero) is 1. The smallest absolute Gasteiger partial charge is 0.339 e. The molecule has 0 saturated carbocycles. The van der Waals surface area contributed by atoms with Crippen molar-refractivity contribution in [3.8, 4) is 0 Å². The van der Waals surface area contributed by atoms with Crippen molar-refractivity contribution in [1.29, 1.82) is 0 Å². The molecule has 0 radical (unpaired) electrons. The van der Waals surface area contributed by atoms with E-state index in [2.05, 4.69) is 0 Å². The van der Waals surface area contributed by atoms with Gasteiger partial charge in [0.1, 0.15) is 0 Å². The summed E-state index contributed by atoms with van der Waals surface area (Å²) in [6.07, 6.45) is 0.286. The molecule has 1 aromatic rings. The molecule has 0 aliphatic carbocycles. The normalized spacial score (nSPS) is 9.89. The maximum atomic E-state index is 11.6. The monoisotopic (exact) mass is 250 g/mol. The molecule has 5 heteroatoms. The van der Waals surface area contributed by atoms with Gasteiger partial charge in [-0.1, -0.05) is 13.0 Å². The van der Waals surface area contributed by atoms with Crippen molar-refractivity contribution in [2.24, 2.45) is 0 Å². The number of esters is 1. The van der Waals surface area contributed by atoms with Crippen LogP contribution in [0.15, 0.2) is 18.2 Å². The largest absolute Gasteiger partial charge is 0.478 e. The molecule has 18 heavy (non-hydrogen) atoms. The van der Waals surface area contributed by atoms with Gasteiger partial charge in [0, 0.05) is 12.0 Å². The van der Waals surface area contributed by atoms with E-state index in [4.69, 9.17) is 9.84 Å². The molecule has 0 amide bonds. The van der Waals surface area contributed by atoms with E-state index in [1.54, 1.807) is 13.8 Å². The lowest BCUT2D eigenvalue weighted by Crippen LogP contribution is -2.13. The Labute approximate surface area is 104 Å². The molecule has 1 N–H and O–H groups in total. The van der Waals surface area contributed by atoms with Gasteiger partial charge in [0.15, 0.2) is 5.78 Å². The molecule has 96 valence electrons. The maximum absolute atomic E-state index is 11.6. The number of aromatic carboxylic acids is 1. The summed E-state index contributed by atoms with van der Waals surface area (Å²) in [7, 11) is 0. The van der Waals surface area contributed by atoms with Crippen molar-refractivity contribution < 1.29 is 24.2 Å². The average Bonchev–Trinajstić information content (AvgIpc) is 2.37. The molecule has 0 atom stereocenters. The minimum absolute atomic E-state index is 0.0938. The third-order valence-corrected chi connectivity index (χ3v) is 2.39. The van der Waals surface area contributed by atoms with Gasteiger partial charge in [-0.2, -0.15) is 0 Å². The number of benzene rings is 1. The highest BCUT2D eigenvalue weighted by Crippen LogP contribution is 2.15. The Balaban J connectivity index is 3.28. The number of rotatable bonds is 5. The lowest BCUT2D eigenvalue weighted by molar-refractivity contribution is 0.0514. The summed E-state index contributed by atoms with van der Waals surface area (Å²) in [5.41, 5.74) is 0.0512. The quantitative estimate of drug-likeness (QED) is 0.639. The SMILES string of the molecule is CCOC(=O)c1cc(C(=O)CC)ccc1C(=O)O. The van der Waals surface area contributed by atoms with E-state index in [0.717, 1.165) is 0 Å². The fourth-order valence-electron chi connectivity index (χ4n) is 1.49. The van der Waals surface area contributed by atoms with Crippen LogP contribution in [0, 0.1) is 0 Å². The van der Waals surface area contributed by atoms with Crippen LogP contribution in [0.4, 0.5) is 0 Å². The van der Waals surface area contributed by atoms with Gasteiger partial charge < -0.3 is 9.84 Å². The summed E-state index contributed by atoms with van der Waals surface area (Å²) in [4.78, 5) is 34.2. The molecule has 0 heterocycles. The summed E-state index contributed by atoms with van der Waals surface area (Å²) >= 11 is 0. The molecule has 1 rings (SSSR count). The Morgan fingerprint density at radius 3 is 2.33 bits per heavy atom. The van der Waals surface area contributed by atoms with Crippen LogP contribution in [-0.4, -0.2) is 29.4 Å².